The van der Waals surface area contributed by atoms with Crippen LogP contribution in [0.5, 0.6) is 0 Å². The summed E-state index contributed by atoms with van der Waals surface area (Å²) in [4.78, 5) is 39.8. The third-order valence-electron chi connectivity index (χ3n) is 4.52. The number of carbonyl (C=O) groups excluding carboxylic acids is 1. The Balaban J connectivity index is 1.89. The van der Waals surface area contributed by atoms with E-state index in [4.69, 9.17) is 0 Å². The number of non-ortho nitro benzene ring substituents is 1. The molecule has 0 radical (unpaired) electrons. The van der Waals surface area contributed by atoms with Gasteiger partial charge in [-0.2, -0.15) is 0 Å². The van der Waals surface area contributed by atoms with Gasteiger partial charge in [0, 0.05) is 29.8 Å². The third kappa shape index (κ3) is 3.72. The molecular weight excluding hydrogens is 346 g/mol. The molecule has 0 aliphatic heterocycles. The van der Waals surface area contributed by atoms with Crippen molar-refractivity contribution in [2.45, 2.75) is 20.4 Å². The Morgan fingerprint density at radius 2 is 1.89 bits per heavy atom. The van der Waals surface area contributed by atoms with Crippen LogP contribution in [-0.2, 0) is 6.54 Å². The topological polar surface area (TPSA) is 96.3 Å². The number of H-pyrrole nitrogens is 1. The fraction of sp³-hybridized carbons (Fsp3) is 0.200. The highest BCUT2D eigenvalue weighted by Gasteiger charge is 2.17. The number of benzene rings is 2. The minimum Gasteiger partial charge on any atom is -0.334 e. The van der Waals surface area contributed by atoms with E-state index in [1.807, 2.05) is 32.0 Å². The number of rotatable bonds is 5. The summed E-state index contributed by atoms with van der Waals surface area (Å²) in [6, 6.07) is 13.0. The van der Waals surface area contributed by atoms with E-state index >= 15 is 0 Å². The second-order valence-corrected chi connectivity index (χ2v) is 6.29. The first-order valence-electron chi connectivity index (χ1n) is 8.56. The lowest BCUT2D eigenvalue weighted by molar-refractivity contribution is -0.384. The SMILES string of the molecule is CCN(Cc1cc2cccc(C)c2[nH]c1=O)C(=O)c1ccc([N+](=O)[O-])cc1. The molecule has 0 saturated carbocycles. The molecule has 2 aromatic carbocycles. The highest BCUT2D eigenvalue weighted by Crippen LogP contribution is 2.17. The fourth-order valence-electron chi connectivity index (χ4n) is 2.99. The number of nitro groups is 1. The number of hydrogen-bond acceptors (Lipinski definition) is 4. The Labute approximate surface area is 155 Å². The molecule has 3 rings (SSSR count). The fourth-order valence-corrected chi connectivity index (χ4v) is 2.99. The van der Waals surface area contributed by atoms with E-state index in [1.165, 1.54) is 29.2 Å². The lowest BCUT2D eigenvalue weighted by atomic mass is 10.1. The smallest absolute Gasteiger partial charge is 0.269 e. The van der Waals surface area contributed by atoms with Crippen LogP contribution >= 0.6 is 0 Å². The number of aromatic nitrogens is 1. The van der Waals surface area contributed by atoms with Crippen LogP contribution in [0.3, 0.4) is 0 Å². The van der Waals surface area contributed by atoms with E-state index in [0.29, 0.717) is 17.7 Å². The average Bonchev–Trinajstić information content (AvgIpc) is 2.66. The van der Waals surface area contributed by atoms with Crippen molar-refractivity contribution in [1.29, 1.82) is 0 Å². The summed E-state index contributed by atoms with van der Waals surface area (Å²) in [6.45, 7) is 4.31. The zero-order valence-electron chi connectivity index (χ0n) is 15.1. The van der Waals surface area contributed by atoms with Crippen molar-refractivity contribution in [2.24, 2.45) is 0 Å². The third-order valence-corrected chi connectivity index (χ3v) is 4.52. The molecule has 0 fully saturated rings. The summed E-state index contributed by atoms with van der Waals surface area (Å²) < 4.78 is 0. The number of carbonyl (C=O) groups is 1. The molecule has 0 unspecified atom stereocenters. The summed E-state index contributed by atoms with van der Waals surface area (Å²) in [5.74, 6) is -0.281. The second kappa shape index (κ2) is 7.41. The van der Waals surface area contributed by atoms with Gasteiger partial charge in [0.1, 0.15) is 0 Å². The maximum Gasteiger partial charge on any atom is 0.269 e. The monoisotopic (exact) mass is 365 g/mol. The molecule has 0 saturated heterocycles. The Kier molecular flexibility index (Phi) is 5.03. The Hall–Kier alpha value is -3.48. The van der Waals surface area contributed by atoms with Gasteiger partial charge in [0.15, 0.2) is 0 Å². The molecule has 3 aromatic rings. The minimum absolute atomic E-state index is 0.0732. The van der Waals surface area contributed by atoms with Crippen LogP contribution in [0.25, 0.3) is 10.9 Å². The number of pyridine rings is 1. The van der Waals surface area contributed by atoms with E-state index in [1.54, 1.807) is 6.07 Å². The van der Waals surface area contributed by atoms with Gasteiger partial charge in [-0.05, 0) is 43.0 Å². The summed E-state index contributed by atoms with van der Waals surface area (Å²) in [5.41, 5.74) is 2.30. The summed E-state index contributed by atoms with van der Waals surface area (Å²) in [6.07, 6.45) is 0. The van der Waals surface area contributed by atoms with Crippen LogP contribution in [0.4, 0.5) is 5.69 Å². The number of hydrogen-bond donors (Lipinski definition) is 1. The molecule has 1 N–H and O–H groups in total. The number of para-hydroxylation sites is 1. The van der Waals surface area contributed by atoms with Crippen LogP contribution in [0.1, 0.15) is 28.4 Å². The van der Waals surface area contributed by atoms with Crippen molar-refractivity contribution in [2.75, 3.05) is 6.54 Å². The van der Waals surface area contributed by atoms with E-state index < -0.39 is 4.92 Å². The van der Waals surface area contributed by atoms with Crippen LogP contribution in [-0.4, -0.2) is 27.3 Å². The van der Waals surface area contributed by atoms with E-state index in [2.05, 4.69) is 4.98 Å². The highest BCUT2D eigenvalue weighted by atomic mass is 16.6. The Bertz CT molecular complexity index is 1070. The number of aryl methyl sites for hydroxylation is 1. The number of amides is 1. The van der Waals surface area contributed by atoms with Gasteiger partial charge in [0.05, 0.1) is 17.0 Å². The van der Waals surface area contributed by atoms with Gasteiger partial charge in [-0.25, -0.2) is 0 Å². The van der Waals surface area contributed by atoms with Crippen molar-refractivity contribution in [3.05, 3.63) is 85.7 Å². The molecular formula is C20H19N3O4. The molecule has 1 aromatic heterocycles. The molecule has 0 atom stereocenters. The van der Waals surface area contributed by atoms with Crippen molar-refractivity contribution in [3.8, 4) is 0 Å². The largest absolute Gasteiger partial charge is 0.334 e. The van der Waals surface area contributed by atoms with Crippen molar-refractivity contribution in [1.82, 2.24) is 9.88 Å². The van der Waals surface area contributed by atoms with Gasteiger partial charge in [-0.15, -0.1) is 0 Å². The molecule has 138 valence electrons. The summed E-state index contributed by atoms with van der Waals surface area (Å²) in [5, 5.41) is 11.7. The van der Waals surface area contributed by atoms with Crippen LogP contribution in [0, 0.1) is 17.0 Å². The predicted octanol–water partition coefficient (Wildman–Crippen LogP) is 3.41. The standard InChI is InChI=1S/C20H19N3O4/c1-3-22(20(25)14-7-9-17(10-8-14)23(26)27)12-16-11-15-6-4-5-13(2)18(15)21-19(16)24/h4-11H,3,12H2,1-2H3,(H,21,24). The number of fused-ring (bicyclic) bond motifs is 1. The van der Waals surface area contributed by atoms with Crippen molar-refractivity contribution >= 4 is 22.5 Å². The lowest BCUT2D eigenvalue weighted by Gasteiger charge is -2.21. The molecule has 27 heavy (non-hydrogen) atoms. The molecule has 0 bridgehead atoms. The van der Waals surface area contributed by atoms with Crippen LogP contribution in [0.2, 0.25) is 0 Å². The van der Waals surface area contributed by atoms with E-state index in [9.17, 15) is 19.7 Å². The van der Waals surface area contributed by atoms with Crippen LogP contribution in [0.15, 0.2) is 53.3 Å². The molecule has 0 aliphatic rings. The molecule has 1 heterocycles. The van der Waals surface area contributed by atoms with Gasteiger partial charge in [-0.1, -0.05) is 18.2 Å². The van der Waals surface area contributed by atoms with Crippen molar-refractivity contribution < 1.29 is 9.72 Å². The first kappa shape index (κ1) is 18.3. The summed E-state index contributed by atoms with van der Waals surface area (Å²) >= 11 is 0. The number of aromatic amines is 1. The zero-order valence-corrected chi connectivity index (χ0v) is 15.1. The first-order valence-corrected chi connectivity index (χ1v) is 8.56. The maximum absolute atomic E-state index is 12.7. The Morgan fingerprint density at radius 3 is 2.52 bits per heavy atom. The molecule has 0 aliphatic carbocycles. The normalized spacial score (nSPS) is 10.7. The average molecular weight is 365 g/mol. The molecule has 7 nitrogen and oxygen atoms in total. The zero-order chi connectivity index (χ0) is 19.6. The lowest BCUT2D eigenvalue weighted by Crippen LogP contribution is -2.32. The Morgan fingerprint density at radius 1 is 1.19 bits per heavy atom. The van der Waals surface area contributed by atoms with Gasteiger partial charge in [0.25, 0.3) is 17.2 Å². The molecule has 0 spiro atoms. The van der Waals surface area contributed by atoms with Crippen LogP contribution < -0.4 is 5.56 Å². The van der Waals surface area contributed by atoms with Gasteiger partial charge in [0.2, 0.25) is 0 Å². The van der Waals surface area contributed by atoms with Crippen molar-refractivity contribution in [3.63, 3.8) is 0 Å². The first-order chi connectivity index (χ1) is 12.9. The van der Waals surface area contributed by atoms with Gasteiger partial charge >= 0.3 is 0 Å². The molecule has 7 heteroatoms. The number of nitrogens with one attached hydrogen (secondary N) is 1. The maximum atomic E-state index is 12.7. The number of nitrogens with zero attached hydrogens (tertiary/aromatic N) is 2. The van der Waals surface area contributed by atoms with E-state index in [-0.39, 0.29) is 23.7 Å². The van der Waals surface area contributed by atoms with E-state index in [0.717, 1.165) is 16.5 Å². The predicted molar refractivity (Wildman–Crippen MR) is 103 cm³/mol. The highest BCUT2D eigenvalue weighted by molar-refractivity contribution is 5.94. The molecule has 1 amide bonds. The quantitative estimate of drug-likeness (QED) is 0.553. The number of nitro benzene ring substituents is 1. The summed E-state index contributed by atoms with van der Waals surface area (Å²) in [7, 11) is 0. The second-order valence-electron chi connectivity index (χ2n) is 6.29. The van der Waals surface area contributed by atoms with Gasteiger partial charge < -0.3 is 9.88 Å². The minimum atomic E-state index is -0.511. The van der Waals surface area contributed by atoms with Gasteiger partial charge in [-0.3, -0.25) is 19.7 Å².